The van der Waals surface area contributed by atoms with E-state index in [2.05, 4.69) is 0 Å². The zero-order valence-corrected chi connectivity index (χ0v) is 9.23. The monoisotopic (exact) mass is 254 g/mol. The van der Waals surface area contributed by atoms with Gasteiger partial charge < -0.3 is 15.4 Å². The van der Waals surface area contributed by atoms with E-state index in [9.17, 15) is 4.79 Å². The van der Waals surface area contributed by atoms with E-state index < -0.39 is 0 Å². The van der Waals surface area contributed by atoms with E-state index in [1.54, 1.807) is 12.1 Å². The van der Waals surface area contributed by atoms with Crippen LogP contribution < -0.4 is 5.63 Å². The number of fused-ring (bicyclic) bond motifs is 1. The predicted octanol–water partition coefficient (Wildman–Crippen LogP) is 0.987. The Kier molecular flexibility index (Phi) is 10.7. The standard InChI is InChI=1S/C9H6O2.2ClH.2H2O/c10-9-6-5-7-3-1-2-4-8(7)11-9;;;;/h1-6H;2*1H;2*1H2. The number of rotatable bonds is 0. The van der Waals surface area contributed by atoms with Crippen molar-refractivity contribution in [2.75, 3.05) is 0 Å². The zero-order valence-electron chi connectivity index (χ0n) is 7.60. The molecular weight excluding hydrogens is 243 g/mol. The Labute approximate surface area is 98.3 Å². The van der Waals surface area contributed by atoms with Gasteiger partial charge in [-0.1, -0.05) is 18.2 Å². The lowest BCUT2D eigenvalue weighted by Crippen LogP contribution is -1.93. The van der Waals surface area contributed by atoms with E-state index in [0.29, 0.717) is 5.58 Å². The van der Waals surface area contributed by atoms with Crippen LogP contribution in [0.1, 0.15) is 0 Å². The van der Waals surface area contributed by atoms with Crippen molar-refractivity contribution in [3.05, 3.63) is 46.8 Å². The summed E-state index contributed by atoms with van der Waals surface area (Å²) < 4.78 is 4.91. The maximum Gasteiger partial charge on any atom is 0.336 e. The van der Waals surface area contributed by atoms with Gasteiger partial charge in [0.15, 0.2) is 0 Å². The van der Waals surface area contributed by atoms with Gasteiger partial charge in [-0.05, 0) is 12.1 Å². The molecule has 0 aliphatic carbocycles. The smallest absolute Gasteiger partial charge is 0.336 e. The Hall–Kier alpha value is -1.07. The van der Waals surface area contributed by atoms with Gasteiger partial charge in [0.2, 0.25) is 0 Å². The molecule has 6 heteroatoms. The van der Waals surface area contributed by atoms with Gasteiger partial charge in [0.1, 0.15) is 5.58 Å². The highest BCUT2D eigenvalue weighted by Gasteiger charge is 1.92. The van der Waals surface area contributed by atoms with Gasteiger partial charge in [-0.2, -0.15) is 0 Å². The van der Waals surface area contributed by atoms with Crippen LogP contribution >= 0.6 is 24.8 Å². The third kappa shape index (κ3) is 4.31. The minimum atomic E-state index is -0.302. The summed E-state index contributed by atoms with van der Waals surface area (Å²) in [5.74, 6) is 0. The molecule has 0 unspecified atom stereocenters. The molecule has 0 amide bonds. The molecule has 0 spiro atoms. The summed E-state index contributed by atoms with van der Waals surface area (Å²) in [4.78, 5) is 10.7. The highest BCUT2D eigenvalue weighted by Crippen LogP contribution is 2.08. The molecule has 0 radical (unpaired) electrons. The topological polar surface area (TPSA) is 93.2 Å². The molecule has 1 aromatic heterocycles. The van der Waals surface area contributed by atoms with Crippen molar-refractivity contribution in [3.63, 3.8) is 0 Å². The van der Waals surface area contributed by atoms with Crippen LogP contribution in [0.5, 0.6) is 0 Å². The minimum Gasteiger partial charge on any atom is -0.423 e. The molecule has 15 heavy (non-hydrogen) atoms. The summed E-state index contributed by atoms with van der Waals surface area (Å²) in [5, 5.41) is 0.951. The first kappa shape index (κ1) is 19.5. The molecule has 0 aliphatic rings. The second-order valence-corrected chi connectivity index (χ2v) is 2.29. The van der Waals surface area contributed by atoms with Gasteiger partial charge in [0.25, 0.3) is 0 Å². The highest BCUT2D eigenvalue weighted by atomic mass is 35.5. The third-order valence-corrected chi connectivity index (χ3v) is 1.53. The van der Waals surface area contributed by atoms with Crippen LogP contribution in [-0.2, 0) is 0 Å². The lowest BCUT2D eigenvalue weighted by molar-refractivity contribution is 0.561. The molecule has 1 heterocycles. The van der Waals surface area contributed by atoms with Gasteiger partial charge in [0, 0.05) is 11.5 Å². The first-order chi connectivity index (χ1) is 5.36. The summed E-state index contributed by atoms with van der Waals surface area (Å²) in [6.07, 6.45) is 0. The molecular formula is C9H12Cl2O4. The highest BCUT2D eigenvalue weighted by molar-refractivity contribution is 5.85. The number of hydrogen-bond donors (Lipinski definition) is 0. The molecule has 1 aromatic carbocycles. The van der Waals surface area contributed by atoms with Gasteiger partial charge in [-0.25, -0.2) is 4.79 Å². The van der Waals surface area contributed by atoms with Crippen molar-refractivity contribution >= 4 is 35.8 Å². The zero-order chi connectivity index (χ0) is 7.68. The number of para-hydroxylation sites is 1. The average molecular weight is 255 g/mol. The predicted molar refractivity (Wildman–Crippen MR) is 64.2 cm³/mol. The van der Waals surface area contributed by atoms with Gasteiger partial charge in [-0.3, -0.25) is 0 Å². The Balaban J connectivity index is -0.000000360. The van der Waals surface area contributed by atoms with Crippen LogP contribution in [0.4, 0.5) is 0 Å². The second-order valence-electron chi connectivity index (χ2n) is 2.29. The van der Waals surface area contributed by atoms with Crippen molar-refractivity contribution in [1.82, 2.24) is 0 Å². The molecule has 0 fully saturated rings. The summed E-state index contributed by atoms with van der Waals surface area (Å²) in [6.45, 7) is 0. The van der Waals surface area contributed by atoms with Crippen LogP contribution in [0.3, 0.4) is 0 Å². The first-order valence-electron chi connectivity index (χ1n) is 3.35. The lowest BCUT2D eigenvalue weighted by atomic mass is 10.2. The van der Waals surface area contributed by atoms with Gasteiger partial charge in [0.05, 0.1) is 0 Å². The summed E-state index contributed by atoms with van der Waals surface area (Å²) in [6, 6.07) is 10.6. The normalized spacial score (nSPS) is 7.47. The molecule has 2 rings (SSSR count). The average Bonchev–Trinajstić information content (AvgIpc) is 2.04. The summed E-state index contributed by atoms with van der Waals surface area (Å²) in [7, 11) is 0. The Morgan fingerprint density at radius 3 is 2.13 bits per heavy atom. The largest absolute Gasteiger partial charge is 0.423 e. The van der Waals surface area contributed by atoms with E-state index in [1.807, 2.05) is 18.2 Å². The second kappa shape index (κ2) is 8.26. The van der Waals surface area contributed by atoms with Crippen LogP contribution in [0, 0.1) is 0 Å². The van der Waals surface area contributed by atoms with Gasteiger partial charge >= 0.3 is 5.63 Å². The Morgan fingerprint density at radius 2 is 1.47 bits per heavy atom. The quantitative estimate of drug-likeness (QED) is 0.656. The molecule has 0 bridgehead atoms. The Morgan fingerprint density at radius 1 is 0.867 bits per heavy atom. The number of hydrogen-bond acceptors (Lipinski definition) is 2. The fourth-order valence-corrected chi connectivity index (χ4v) is 1.01. The van der Waals surface area contributed by atoms with E-state index in [4.69, 9.17) is 4.42 Å². The minimum absolute atomic E-state index is 0. The summed E-state index contributed by atoms with van der Waals surface area (Å²) in [5.41, 5.74) is 0.337. The molecule has 0 atom stereocenters. The molecule has 86 valence electrons. The van der Waals surface area contributed by atoms with E-state index >= 15 is 0 Å². The first-order valence-corrected chi connectivity index (χ1v) is 3.35. The maximum atomic E-state index is 10.7. The molecule has 4 nitrogen and oxygen atoms in total. The van der Waals surface area contributed by atoms with E-state index in [-0.39, 0.29) is 41.4 Å². The van der Waals surface area contributed by atoms with Gasteiger partial charge in [-0.15, -0.1) is 24.8 Å². The molecule has 4 N–H and O–H groups in total. The molecule has 0 aliphatic heterocycles. The number of halogens is 2. The van der Waals surface area contributed by atoms with Crippen molar-refractivity contribution in [3.8, 4) is 0 Å². The van der Waals surface area contributed by atoms with Crippen LogP contribution in [0.25, 0.3) is 11.0 Å². The summed E-state index contributed by atoms with van der Waals surface area (Å²) >= 11 is 0. The molecule has 0 saturated heterocycles. The molecule has 0 saturated carbocycles. The Bertz CT molecular complexity index is 441. The fourth-order valence-electron chi connectivity index (χ4n) is 1.01. The van der Waals surface area contributed by atoms with Crippen LogP contribution in [-0.4, -0.2) is 11.0 Å². The van der Waals surface area contributed by atoms with Crippen LogP contribution in [0.2, 0.25) is 0 Å². The van der Waals surface area contributed by atoms with Crippen molar-refractivity contribution < 1.29 is 15.4 Å². The third-order valence-electron chi connectivity index (χ3n) is 1.53. The maximum absolute atomic E-state index is 10.7. The molecule has 2 aromatic rings. The van der Waals surface area contributed by atoms with Crippen molar-refractivity contribution in [2.45, 2.75) is 0 Å². The van der Waals surface area contributed by atoms with Crippen molar-refractivity contribution in [1.29, 1.82) is 0 Å². The van der Waals surface area contributed by atoms with E-state index in [0.717, 1.165) is 5.39 Å². The fraction of sp³-hybridized carbons (Fsp3) is 0. The number of benzene rings is 1. The van der Waals surface area contributed by atoms with Crippen molar-refractivity contribution in [2.24, 2.45) is 0 Å². The SMILES string of the molecule is Cl.Cl.O.O.O=c1ccc2ccccc2o1. The van der Waals surface area contributed by atoms with E-state index in [1.165, 1.54) is 6.07 Å². The lowest BCUT2D eigenvalue weighted by Gasteiger charge is -1.91. The van der Waals surface area contributed by atoms with Crippen LogP contribution in [0.15, 0.2) is 45.6 Å².